The molecule has 0 saturated heterocycles. The van der Waals surface area contributed by atoms with Crippen LogP contribution in [0.1, 0.15) is 11.1 Å². The first-order valence-electron chi connectivity index (χ1n) is 5.73. The Morgan fingerprint density at radius 2 is 2.06 bits per heavy atom. The smallest absolute Gasteiger partial charge is 0.231 e. The molecule has 0 atom stereocenters. The van der Waals surface area contributed by atoms with E-state index in [0.29, 0.717) is 12.5 Å². The number of rotatable bonds is 3. The van der Waals surface area contributed by atoms with Crippen molar-refractivity contribution in [3.05, 3.63) is 41.7 Å². The number of hydrogen-bond donors (Lipinski definition) is 1. The highest BCUT2D eigenvalue weighted by Crippen LogP contribution is 2.35. The van der Waals surface area contributed by atoms with Gasteiger partial charge < -0.3 is 14.8 Å². The Morgan fingerprint density at radius 1 is 1.22 bits per heavy atom. The van der Waals surface area contributed by atoms with Gasteiger partial charge in [-0.15, -0.1) is 0 Å². The number of nitrogens with one attached hydrogen (secondary N) is 1. The van der Waals surface area contributed by atoms with Crippen LogP contribution in [-0.2, 0) is 6.54 Å². The highest BCUT2D eigenvalue weighted by atomic mass is 16.7. The second-order valence-electron chi connectivity index (χ2n) is 4.09. The summed E-state index contributed by atoms with van der Waals surface area (Å²) < 4.78 is 10.8. The van der Waals surface area contributed by atoms with Crippen LogP contribution < -0.4 is 14.8 Å². The summed E-state index contributed by atoms with van der Waals surface area (Å²) in [5.74, 6) is 2.20. The number of nitrogens with zero attached hydrogens (tertiary/aromatic N) is 2. The molecular weight excluding hydrogens is 230 g/mol. The normalized spacial score (nSPS) is 12.5. The monoisotopic (exact) mass is 243 g/mol. The van der Waals surface area contributed by atoms with Crippen LogP contribution in [0.2, 0.25) is 0 Å². The van der Waals surface area contributed by atoms with E-state index >= 15 is 0 Å². The molecule has 0 amide bonds. The summed E-state index contributed by atoms with van der Waals surface area (Å²) in [6.07, 6.45) is 3.56. The molecule has 0 radical (unpaired) electrons. The zero-order valence-electron chi connectivity index (χ0n) is 10.0. The van der Waals surface area contributed by atoms with E-state index in [2.05, 4.69) is 15.3 Å². The third kappa shape index (κ3) is 2.07. The lowest BCUT2D eigenvalue weighted by atomic mass is 10.2. The standard InChI is InChI=1S/C13H13N3O2/c1-9-5-14-13(15-6-9)16-7-10-3-2-4-11-12(10)18-8-17-11/h2-6H,7-8H2,1H3,(H,14,15,16). The van der Waals surface area contributed by atoms with Crippen LogP contribution in [0.15, 0.2) is 30.6 Å². The minimum absolute atomic E-state index is 0.285. The van der Waals surface area contributed by atoms with Gasteiger partial charge in [0.1, 0.15) is 0 Å². The molecule has 0 bridgehead atoms. The van der Waals surface area contributed by atoms with Crippen LogP contribution in [0, 0.1) is 6.92 Å². The van der Waals surface area contributed by atoms with Crippen molar-refractivity contribution in [1.29, 1.82) is 0 Å². The number of anilines is 1. The number of aryl methyl sites for hydroxylation is 1. The molecular formula is C13H13N3O2. The van der Waals surface area contributed by atoms with Gasteiger partial charge in [-0.25, -0.2) is 9.97 Å². The number of aromatic nitrogens is 2. The van der Waals surface area contributed by atoms with Gasteiger partial charge in [0.15, 0.2) is 11.5 Å². The lowest BCUT2D eigenvalue weighted by Gasteiger charge is -2.07. The summed E-state index contributed by atoms with van der Waals surface area (Å²) in [6, 6.07) is 5.84. The average Bonchev–Trinajstić information content (AvgIpc) is 2.87. The Balaban J connectivity index is 1.74. The van der Waals surface area contributed by atoms with Gasteiger partial charge in [0.25, 0.3) is 0 Å². The predicted octanol–water partition coefficient (Wildman–Crippen LogP) is 2.13. The van der Waals surface area contributed by atoms with Crippen LogP contribution in [0.5, 0.6) is 11.5 Å². The molecule has 5 heteroatoms. The zero-order valence-corrected chi connectivity index (χ0v) is 10.0. The summed E-state index contributed by atoms with van der Waals surface area (Å²) in [4.78, 5) is 8.39. The Kier molecular flexibility index (Phi) is 2.72. The number of hydrogen-bond acceptors (Lipinski definition) is 5. The summed E-state index contributed by atoms with van der Waals surface area (Å²) in [5, 5.41) is 3.16. The fraction of sp³-hybridized carbons (Fsp3) is 0.231. The highest BCUT2D eigenvalue weighted by molar-refractivity contribution is 5.49. The number of benzene rings is 1. The van der Waals surface area contributed by atoms with E-state index in [-0.39, 0.29) is 6.79 Å². The molecule has 5 nitrogen and oxygen atoms in total. The number of ether oxygens (including phenoxy) is 2. The van der Waals surface area contributed by atoms with Crippen molar-refractivity contribution in [2.45, 2.75) is 13.5 Å². The molecule has 0 fully saturated rings. The largest absolute Gasteiger partial charge is 0.454 e. The van der Waals surface area contributed by atoms with Crippen molar-refractivity contribution in [1.82, 2.24) is 9.97 Å². The fourth-order valence-corrected chi connectivity index (χ4v) is 1.79. The molecule has 1 aliphatic rings. The van der Waals surface area contributed by atoms with E-state index in [4.69, 9.17) is 9.47 Å². The molecule has 3 rings (SSSR count). The van der Waals surface area contributed by atoms with Gasteiger partial charge in [0, 0.05) is 24.5 Å². The van der Waals surface area contributed by atoms with Crippen molar-refractivity contribution in [3.8, 4) is 11.5 Å². The maximum Gasteiger partial charge on any atom is 0.231 e. The highest BCUT2D eigenvalue weighted by Gasteiger charge is 2.16. The summed E-state index contributed by atoms with van der Waals surface area (Å²) in [5.41, 5.74) is 2.08. The van der Waals surface area contributed by atoms with Gasteiger partial charge in [-0.2, -0.15) is 0 Å². The van der Waals surface area contributed by atoms with Gasteiger partial charge in [0.2, 0.25) is 12.7 Å². The number of para-hydroxylation sites is 1. The second-order valence-corrected chi connectivity index (χ2v) is 4.09. The molecule has 2 aromatic rings. The molecule has 2 heterocycles. The third-order valence-corrected chi connectivity index (χ3v) is 2.70. The Hall–Kier alpha value is -2.30. The van der Waals surface area contributed by atoms with Gasteiger partial charge >= 0.3 is 0 Å². The Bertz CT molecular complexity index is 555. The van der Waals surface area contributed by atoms with E-state index in [1.807, 2.05) is 25.1 Å². The Morgan fingerprint density at radius 3 is 2.89 bits per heavy atom. The molecule has 0 unspecified atom stereocenters. The van der Waals surface area contributed by atoms with Crippen LogP contribution >= 0.6 is 0 Å². The lowest BCUT2D eigenvalue weighted by molar-refractivity contribution is 0.173. The summed E-state index contributed by atoms with van der Waals surface area (Å²) in [6.45, 7) is 2.85. The minimum Gasteiger partial charge on any atom is -0.454 e. The molecule has 1 aromatic carbocycles. The number of fused-ring (bicyclic) bond motifs is 1. The summed E-state index contributed by atoms with van der Waals surface area (Å²) >= 11 is 0. The van der Waals surface area contributed by atoms with Gasteiger partial charge in [-0.3, -0.25) is 0 Å². The van der Waals surface area contributed by atoms with Crippen molar-refractivity contribution in [2.75, 3.05) is 12.1 Å². The molecule has 1 aromatic heterocycles. The van der Waals surface area contributed by atoms with E-state index < -0.39 is 0 Å². The van der Waals surface area contributed by atoms with Gasteiger partial charge in [-0.05, 0) is 18.6 Å². The van der Waals surface area contributed by atoms with E-state index in [1.54, 1.807) is 12.4 Å². The van der Waals surface area contributed by atoms with Crippen molar-refractivity contribution >= 4 is 5.95 Å². The average molecular weight is 243 g/mol. The van der Waals surface area contributed by atoms with E-state index in [1.165, 1.54) is 0 Å². The van der Waals surface area contributed by atoms with Crippen LogP contribution in [0.4, 0.5) is 5.95 Å². The lowest BCUT2D eigenvalue weighted by Crippen LogP contribution is -2.04. The first-order chi connectivity index (χ1) is 8.83. The first-order valence-corrected chi connectivity index (χ1v) is 5.73. The fourth-order valence-electron chi connectivity index (χ4n) is 1.79. The predicted molar refractivity (Wildman–Crippen MR) is 66.7 cm³/mol. The van der Waals surface area contributed by atoms with Crippen molar-refractivity contribution in [2.24, 2.45) is 0 Å². The van der Waals surface area contributed by atoms with Crippen LogP contribution in [-0.4, -0.2) is 16.8 Å². The molecule has 92 valence electrons. The van der Waals surface area contributed by atoms with Crippen LogP contribution in [0.3, 0.4) is 0 Å². The van der Waals surface area contributed by atoms with E-state index in [9.17, 15) is 0 Å². The first kappa shape index (κ1) is 10.8. The second kappa shape index (κ2) is 4.52. The molecule has 0 aliphatic carbocycles. The molecule has 1 aliphatic heterocycles. The zero-order chi connectivity index (χ0) is 12.4. The van der Waals surface area contributed by atoms with Crippen molar-refractivity contribution < 1.29 is 9.47 Å². The minimum atomic E-state index is 0.285. The quantitative estimate of drug-likeness (QED) is 0.894. The Labute approximate surface area is 105 Å². The molecule has 0 saturated carbocycles. The maximum absolute atomic E-state index is 5.43. The maximum atomic E-state index is 5.43. The van der Waals surface area contributed by atoms with Crippen LogP contribution in [0.25, 0.3) is 0 Å². The van der Waals surface area contributed by atoms with E-state index in [0.717, 1.165) is 22.6 Å². The molecule has 18 heavy (non-hydrogen) atoms. The van der Waals surface area contributed by atoms with Gasteiger partial charge in [-0.1, -0.05) is 12.1 Å². The topological polar surface area (TPSA) is 56.3 Å². The van der Waals surface area contributed by atoms with Gasteiger partial charge in [0.05, 0.1) is 0 Å². The van der Waals surface area contributed by atoms with Crippen molar-refractivity contribution in [3.63, 3.8) is 0 Å². The SMILES string of the molecule is Cc1cnc(NCc2cccc3c2OCO3)nc1. The third-order valence-electron chi connectivity index (χ3n) is 2.70. The summed E-state index contributed by atoms with van der Waals surface area (Å²) in [7, 11) is 0. The molecule has 1 N–H and O–H groups in total. The molecule has 0 spiro atoms.